The number of alkyl halides is 6. The third kappa shape index (κ3) is 22.6. The molecule has 0 fully saturated rings. The van der Waals surface area contributed by atoms with Crippen LogP contribution in [0.1, 0.15) is 53.7 Å². The lowest BCUT2D eigenvalue weighted by Gasteiger charge is -2.15. The fraction of sp³-hybridized carbons (Fsp3) is 0.469. The molecule has 0 unspecified atom stereocenters. The minimum absolute atomic E-state index is 0. The van der Waals surface area contributed by atoms with Crippen LogP contribution in [0.5, 0.6) is 0 Å². The maximum atomic E-state index is 12.7. The third-order valence-electron chi connectivity index (χ3n) is 4.98. The molecule has 47 heavy (non-hydrogen) atoms. The van der Waals surface area contributed by atoms with Crippen LogP contribution in [0.2, 0.25) is 0 Å². The molecule has 8 nitrogen and oxygen atoms in total. The van der Waals surface area contributed by atoms with E-state index in [1.54, 1.807) is 69.3 Å². The number of Topliss-reactive ketones (excluding diaryl/α,β-unsaturated/α-hetero) is 1. The predicted octanol–water partition coefficient (Wildman–Crippen LogP) is 8.73. The number of benzene rings is 2. The summed E-state index contributed by atoms with van der Waals surface area (Å²) in [5.74, 6) is -3.24. The summed E-state index contributed by atoms with van der Waals surface area (Å²) in [6, 6.07) is 16.0. The summed E-state index contributed by atoms with van der Waals surface area (Å²) in [4.78, 5) is 32.7. The van der Waals surface area contributed by atoms with Crippen molar-refractivity contribution in [3.05, 3.63) is 83.4 Å². The minimum Gasteiger partial charge on any atom is -0.466 e. The lowest BCUT2D eigenvalue weighted by molar-refractivity contribution is -0.170. The molecular formula is C32H45F6O8P. The summed E-state index contributed by atoms with van der Waals surface area (Å²) in [6.07, 6.45) is -10.00. The monoisotopic (exact) mass is 702 g/mol. The quantitative estimate of drug-likeness (QED) is 0.0884. The van der Waals surface area contributed by atoms with E-state index in [0.29, 0.717) is 17.2 Å². The second-order valence-electron chi connectivity index (χ2n) is 8.57. The molecule has 0 atom stereocenters. The van der Waals surface area contributed by atoms with Crippen molar-refractivity contribution < 1.29 is 63.8 Å². The van der Waals surface area contributed by atoms with E-state index in [9.17, 15) is 45.3 Å². The van der Waals surface area contributed by atoms with Gasteiger partial charge in [-0.3, -0.25) is 14.2 Å². The molecule has 0 aliphatic rings. The van der Waals surface area contributed by atoms with E-state index in [4.69, 9.17) is 9.05 Å². The number of carbonyl (C=O) groups is 3. The zero-order valence-electron chi connectivity index (χ0n) is 25.3. The van der Waals surface area contributed by atoms with Crippen LogP contribution in [0, 0.1) is 0 Å². The first-order chi connectivity index (χ1) is 21.0. The molecule has 0 aliphatic heterocycles. The van der Waals surface area contributed by atoms with Gasteiger partial charge in [-0.15, -0.1) is 0 Å². The molecule has 0 aliphatic carbocycles. The Balaban J connectivity index is -0.000000615. The maximum Gasteiger partial charge on any atom is 0.450 e. The van der Waals surface area contributed by atoms with E-state index in [2.05, 4.69) is 9.47 Å². The van der Waals surface area contributed by atoms with Crippen LogP contribution >= 0.6 is 7.60 Å². The van der Waals surface area contributed by atoms with E-state index in [-0.39, 0.29) is 53.9 Å². The Morgan fingerprint density at radius 1 is 0.660 bits per heavy atom. The zero-order valence-corrected chi connectivity index (χ0v) is 26.2. The van der Waals surface area contributed by atoms with E-state index in [0.717, 1.165) is 0 Å². The van der Waals surface area contributed by atoms with E-state index in [1.165, 1.54) is 19.1 Å². The molecule has 2 aromatic carbocycles. The summed E-state index contributed by atoms with van der Waals surface area (Å²) in [5.41, 5.74) is -0.0395. The van der Waals surface area contributed by atoms with Gasteiger partial charge in [0, 0.05) is 24.5 Å². The summed E-state index contributed by atoms with van der Waals surface area (Å²) in [5, 5.41) is 0. The van der Waals surface area contributed by atoms with Gasteiger partial charge in [0.15, 0.2) is 0 Å². The number of esters is 2. The molecule has 2 aromatic rings. The van der Waals surface area contributed by atoms with Crippen molar-refractivity contribution in [1.82, 2.24) is 0 Å². The van der Waals surface area contributed by atoms with E-state index >= 15 is 0 Å². The lowest BCUT2D eigenvalue weighted by atomic mass is 10.0. The number of ether oxygens (including phenoxy) is 2. The van der Waals surface area contributed by atoms with Gasteiger partial charge in [-0.05, 0) is 38.8 Å². The fourth-order valence-corrected chi connectivity index (χ4v) is 4.59. The van der Waals surface area contributed by atoms with Crippen LogP contribution < -0.4 is 0 Å². The molecule has 268 valence electrons. The molecule has 0 spiro atoms. The van der Waals surface area contributed by atoms with Crippen LogP contribution in [0.4, 0.5) is 26.3 Å². The van der Waals surface area contributed by atoms with Crippen molar-refractivity contribution >= 4 is 25.3 Å². The second kappa shape index (κ2) is 24.7. The first-order valence-corrected chi connectivity index (χ1v) is 15.4. The molecule has 15 heteroatoms. The third-order valence-corrected chi connectivity index (χ3v) is 6.93. The van der Waals surface area contributed by atoms with Crippen LogP contribution in [0.3, 0.4) is 0 Å². The topological polar surface area (TPSA) is 105 Å². The average Bonchev–Trinajstić information content (AvgIpc) is 2.94. The minimum atomic E-state index is -4.73. The van der Waals surface area contributed by atoms with Crippen LogP contribution in [-0.2, 0) is 50.3 Å². The average molecular weight is 703 g/mol. The number of allylic oxidation sites excluding steroid dienone is 1. The highest BCUT2D eigenvalue weighted by atomic mass is 31.2. The molecule has 0 bridgehead atoms. The number of hydrogen-bond acceptors (Lipinski definition) is 8. The van der Waals surface area contributed by atoms with Gasteiger partial charge in [-0.25, -0.2) is 4.79 Å². The van der Waals surface area contributed by atoms with Gasteiger partial charge < -0.3 is 18.5 Å². The molecule has 2 rings (SSSR count). The standard InChI is InChI=1S/C13H13F3O2.C9H7F3O.C8H17O5P.2CH4/c1-2-18-12(17)9-11(13(14,15)16)8-10-6-4-3-5-7-10;10-9(11,12)8(13)6-7-4-2-1-3-5-7;1-4-11-8(9)7-14(10,12-5-2)13-6-3;;/h3-7,9H,2,8H2,1H3;1-5H,6H2;4-7H2,1-3H3;2*1H4/b11-9+;;;;. The number of rotatable bonds is 13. The number of ketones is 1. The van der Waals surface area contributed by atoms with E-state index < -0.39 is 49.7 Å². The Bertz CT molecular complexity index is 1220. The summed E-state index contributed by atoms with van der Waals surface area (Å²) in [6.45, 7) is 7.41. The molecular weight excluding hydrogens is 657 g/mol. The van der Waals surface area contributed by atoms with Crippen LogP contribution in [0.25, 0.3) is 0 Å². The first kappa shape index (κ1) is 47.9. The van der Waals surface area contributed by atoms with Crippen molar-refractivity contribution in [2.75, 3.05) is 32.6 Å². The van der Waals surface area contributed by atoms with Crippen molar-refractivity contribution in [3.63, 3.8) is 0 Å². The Morgan fingerprint density at radius 3 is 1.45 bits per heavy atom. The summed E-state index contributed by atoms with van der Waals surface area (Å²) < 4.78 is 104. The van der Waals surface area contributed by atoms with Gasteiger partial charge in [0.2, 0.25) is 5.78 Å². The maximum absolute atomic E-state index is 12.7. The van der Waals surface area contributed by atoms with Gasteiger partial charge in [0.25, 0.3) is 0 Å². The highest BCUT2D eigenvalue weighted by Crippen LogP contribution is 2.47. The highest BCUT2D eigenvalue weighted by Gasteiger charge is 2.37. The predicted molar refractivity (Wildman–Crippen MR) is 168 cm³/mol. The molecule has 0 saturated carbocycles. The first-order valence-electron chi connectivity index (χ1n) is 13.7. The molecule has 0 N–H and O–H groups in total. The molecule has 0 aromatic heterocycles. The van der Waals surface area contributed by atoms with Gasteiger partial charge in [-0.2, -0.15) is 26.3 Å². The van der Waals surface area contributed by atoms with E-state index in [1.807, 2.05) is 0 Å². The van der Waals surface area contributed by atoms with Gasteiger partial charge in [0.1, 0.15) is 6.16 Å². The normalized spacial score (nSPS) is 11.2. The van der Waals surface area contributed by atoms with Crippen LogP contribution in [-0.4, -0.2) is 62.7 Å². The molecule has 0 amide bonds. The largest absolute Gasteiger partial charge is 0.466 e. The number of halogens is 6. The highest BCUT2D eigenvalue weighted by molar-refractivity contribution is 7.54. The molecule has 0 radical (unpaired) electrons. The summed E-state index contributed by atoms with van der Waals surface area (Å²) in [7, 11) is -3.28. The Labute approximate surface area is 273 Å². The van der Waals surface area contributed by atoms with Gasteiger partial charge in [-0.1, -0.05) is 75.5 Å². The molecule has 0 heterocycles. The second-order valence-corrected chi connectivity index (χ2v) is 10.6. The summed E-state index contributed by atoms with van der Waals surface area (Å²) >= 11 is 0. The number of carbonyl (C=O) groups excluding carboxylic acids is 3. The Hall–Kier alpha value is -3.48. The molecule has 0 saturated heterocycles. The SMILES string of the molecule is C.C.CCOC(=O)/C=C(\Cc1ccccc1)C(F)(F)F.CCOC(=O)CP(=O)(OCC)OCC.O=C(Cc1ccccc1)C(F)(F)F. The lowest BCUT2D eigenvalue weighted by Crippen LogP contribution is -2.24. The van der Waals surface area contributed by atoms with Crippen LogP contribution in [0.15, 0.2) is 72.3 Å². The van der Waals surface area contributed by atoms with Crippen molar-refractivity contribution in [3.8, 4) is 0 Å². The van der Waals surface area contributed by atoms with Gasteiger partial charge >= 0.3 is 31.9 Å². The van der Waals surface area contributed by atoms with Crippen molar-refractivity contribution in [2.24, 2.45) is 0 Å². The van der Waals surface area contributed by atoms with Gasteiger partial charge in [0.05, 0.1) is 26.4 Å². The van der Waals surface area contributed by atoms with Crippen molar-refractivity contribution in [1.29, 1.82) is 0 Å². The fourth-order valence-electron chi connectivity index (χ4n) is 3.14. The Morgan fingerprint density at radius 2 is 1.09 bits per heavy atom. The van der Waals surface area contributed by atoms with Crippen molar-refractivity contribution in [2.45, 2.75) is 67.7 Å². The Kier molecular flexibility index (Phi) is 25.1. The smallest absolute Gasteiger partial charge is 0.450 e. The number of hydrogen-bond donors (Lipinski definition) is 0. The zero-order chi connectivity index (χ0) is 34.5.